The number of ether oxygens (including phenoxy) is 4. The Labute approximate surface area is 182 Å². The first kappa shape index (κ1) is 23.9. The van der Waals surface area contributed by atoms with Gasteiger partial charge in [0.15, 0.2) is 11.5 Å². The van der Waals surface area contributed by atoms with Gasteiger partial charge >= 0.3 is 6.09 Å². The number of carbonyl (C=O) groups excluding carboxylic acids is 2. The fourth-order valence-corrected chi connectivity index (χ4v) is 2.96. The second-order valence-electron chi connectivity index (χ2n) is 6.84. The maximum Gasteiger partial charge on any atom is 0.407 e. The molecule has 0 aliphatic heterocycles. The van der Waals surface area contributed by atoms with Crippen molar-refractivity contribution >= 4 is 12.0 Å². The predicted molar refractivity (Wildman–Crippen MR) is 117 cm³/mol. The van der Waals surface area contributed by atoms with E-state index >= 15 is 0 Å². The van der Waals surface area contributed by atoms with Gasteiger partial charge in [-0.1, -0.05) is 30.3 Å². The monoisotopic (exact) mass is 430 g/mol. The highest BCUT2D eigenvalue weighted by molar-refractivity contribution is 5.76. The van der Waals surface area contributed by atoms with E-state index in [9.17, 15) is 9.59 Å². The average molecular weight is 431 g/mol. The summed E-state index contributed by atoms with van der Waals surface area (Å²) in [6.07, 6.45) is 0.261. The molecule has 8 heteroatoms. The Hall–Kier alpha value is -3.42. The lowest BCUT2D eigenvalue weighted by molar-refractivity contribution is -0.121. The Balaban J connectivity index is 1.75. The van der Waals surface area contributed by atoms with E-state index in [4.69, 9.17) is 18.9 Å². The van der Waals surface area contributed by atoms with Crippen molar-refractivity contribution < 1.29 is 28.5 Å². The Kier molecular flexibility index (Phi) is 9.48. The molecule has 0 radical (unpaired) electrons. The second kappa shape index (κ2) is 12.3. The molecule has 0 aliphatic carbocycles. The van der Waals surface area contributed by atoms with E-state index in [0.29, 0.717) is 30.2 Å². The Morgan fingerprint density at radius 1 is 0.968 bits per heavy atom. The van der Waals surface area contributed by atoms with Crippen LogP contribution in [-0.4, -0.2) is 39.9 Å². The summed E-state index contributed by atoms with van der Waals surface area (Å²) in [5.41, 5.74) is 1.74. The number of amides is 2. The van der Waals surface area contributed by atoms with Crippen LogP contribution in [0, 0.1) is 0 Å². The molecule has 0 bridgehead atoms. The number of rotatable bonds is 11. The molecule has 0 heterocycles. The molecule has 0 saturated carbocycles. The summed E-state index contributed by atoms with van der Waals surface area (Å²) in [4.78, 5) is 24.0. The van der Waals surface area contributed by atoms with Crippen LogP contribution < -0.4 is 24.8 Å². The van der Waals surface area contributed by atoms with Crippen LogP contribution in [0.25, 0.3) is 0 Å². The molecule has 2 amide bonds. The third-order valence-corrected chi connectivity index (χ3v) is 4.63. The van der Waals surface area contributed by atoms with E-state index in [0.717, 1.165) is 11.1 Å². The molecule has 8 nitrogen and oxygen atoms in total. The van der Waals surface area contributed by atoms with Crippen LogP contribution in [0.2, 0.25) is 0 Å². The standard InChI is InChI=1S/C23H30N2O6/c1-16(18-13-19(28-2)22(30-4)20(14-18)29-3)25-21(26)11-8-12-24-23(27)31-15-17-9-6-5-7-10-17/h5-7,9-10,13-14,16H,8,11-12,15H2,1-4H3,(H,24,27)(H,25,26). The fourth-order valence-electron chi connectivity index (χ4n) is 2.96. The molecular formula is C23H30N2O6. The maximum atomic E-state index is 12.3. The van der Waals surface area contributed by atoms with Crippen LogP contribution in [0.15, 0.2) is 42.5 Å². The van der Waals surface area contributed by atoms with Crippen molar-refractivity contribution in [2.24, 2.45) is 0 Å². The topological polar surface area (TPSA) is 95.1 Å². The summed E-state index contributed by atoms with van der Waals surface area (Å²) in [7, 11) is 4.63. The van der Waals surface area contributed by atoms with Gasteiger partial charge in [0.25, 0.3) is 0 Å². The minimum atomic E-state index is -0.505. The minimum absolute atomic E-state index is 0.124. The molecule has 0 aliphatic rings. The fraction of sp³-hybridized carbons (Fsp3) is 0.391. The zero-order valence-electron chi connectivity index (χ0n) is 18.4. The van der Waals surface area contributed by atoms with Crippen molar-refractivity contribution in [3.8, 4) is 17.2 Å². The van der Waals surface area contributed by atoms with Gasteiger partial charge in [-0.05, 0) is 36.6 Å². The molecule has 2 aromatic carbocycles. The summed E-state index contributed by atoms with van der Waals surface area (Å²) in [6.45, 7) is 2.43. The van der Waals surface area contributed by atoms with Crippen LogP contribution in [0.5, 0.6) is 17.2 Å². The quantitative estimate of drug-likeness (QED) is 0.529. The van der Waals surface area contributed by atoms with Crippen molar-refractivity contribution in [3.63, 3.8) is 0 Å². The molecule has 1 atom stereocenters. The smallest absolute Gasteiger partial charge is 0.407 e. The van der Waals surface area contributed by atoms with Gasteiger partial charge in [0, 0.05) is 13.0 Å². The summed E-state index contributed by atoms with van der Waals surface area (Å²) in [5.74, 6) is 1.42. The van der Waals surface area contributed by atoms with Crippen molar-refractivity contribution in [2.75, 3.05) is 27.9 Å². The number of carbonyl (C=O) groups is 2. The van der Waals surface area contributed by atoms with Gasteiger partial charge in [-0.25, -0.2) is 4.79 Å². The zero-order valence-corrected chi connectivity index (χ0v) is 18.4. The summed E-state index contributed by atoms with van der Waals surface area (Å²) >= 11 is 0. The van der Waals surface area contributed by atoms with Gasteiger partial charge in [0.2, 0.25) is 11.7 Å². The molecule has 168 valence electrons. The molecule has 2 aromatic rings. The first-order valence-electron chi connectivity index (χ1n) is 10.0. The highest BCUT2D eigenvalue weighted by Crippen LogP contribution is 2.39. The van der Waals surface area contributed by atoms with Gasteiger partial charge in [-0.3, -0.25) is 4.79 Å². The molecule has 0 saturated heterocycles. The molecule has 2 rings (SSSR count). The molecular weight excluding hydrogens is 400 g/mol. The Bertz CT molecular complexity index is 831. The molecule has 2 N–H and O–H groups in total. The minimum Gasteiger partial charge on any atom is -0.493 e. The lowest BCUT2D eigenvalue weighted by atomic mass is 10.1. The number of nitrogens with one attached hydrogen (secondary N) is 2. The number of alkyl carbamates (subject to hydrolysis) is 1. The van der Waals surface area contributed by atoms with Crippen LogP contribution in [0.3, 0.4) is 0 Å². The SMILES string of the molecule is COc1cc(C(C)NC(=O)CCCNC(=O)OCc2ccccc2)cc(OC)c1OC. The molecule has 1 unspecified atom stereocenters. The predicted octanol–water partition coefficient (Wildman–Crippen LogP) is 3.60. The summed E-state index contributed by atoms with van der Waals surface area (Å²) in [6, 6.07) is 12.8. The number of methoxy groups -OCH3 is 3. The Morgan fingerprint density at radius 2 is 1.61 bits per heavy atom. The maximum absolute atomic E-state index is 12.3. The number of hydrogen-bond acceptors (Lipinski definition) is 6. The van der Waals surface area contributed by atoms with Crippen LogP contribution in [0.1, 0.15) is 36.9 Å². The van der Waals surface area contributed by atoms with Gasteiger partial charge in [-0.15, -0.1) is 0 Å². The van der Waals surface area contributed by atoms with E-state index in [-0.39, 0.29) is 25.0 Å². The van der Waals surface area contributed by atoms with Gasteiger partial charge in [0.1, 0.15) is 6.61 Å². The lowest BCUT2D eigenvalue weighted by Crippen LogP contribution is -2.29. The highest BCUT2D eigenvalue weighted by atomic mass is 16.5. The van der Waals surface area contributed by atoms with Crippen molar-refractivity contribution in [1.82, 2.24) is 10.6 Å². The number of hydrogen-bond donors (Lipinski definition) is 2. The summed E-state index contributed by atoms with van der Waals surface area (Å²) in [5, 5.41) is 5.58. The number of benzene rings is 2. The van der Waals surface area contributed by atoms with E-state index in [1.54, 1.807) is 26.4 Å². The van der Waals surface area contributed by atoms with E-state index < -0.39 is 6.09 Å². The van der Waals surface area contributed by atoms with E-state index in [2.05, 4.69) is 10.6 Å². The average Bonchev–Trinajstić information content (AvgIpc) is 2.80. The first-order chi connectivity index (χ1) is 15.0. The Morgan fingerprint density at radius 3 is 2.19 bits per heavy atom. The van der Waals surface area contributed by atoms with Crippen LogP contribution >= 0.6 is 0 Å². The normalized spacial score (nSPS) is 11.2. The van der Waals surface area contributed by atoms with Crippen LogP contribution in [0.4, 0.5) is 4.79 Å². The van der Waals surface area contributed by atoms with Gasteiger partial charge in [0.05, 0.1) is 27.4 Å². The first-order valence-corrected chi connectivity index (χ1v) is 10.0. The van der Waals surface area contributed by atoms with Crippen LogP contribution in [-0.2, 0) is 16.1 Å². The lowest BCUT2D eigenvalue weighted by Gasteiger charge is -2.19. The van der Waals surface area contributed by atoms with Gasteiger partial charge < -0.3 is 29.6 Å². The van der Waals surface area contributed by atoms with E-state index in [1.807, 2.05) is 37.3 Å². The highest BCUT2D eigenvalue weighted by Gasteiger charge is 2.17. The summed E-state index contributed by atoms with van der Waals surface area (Å²) < 4.78 is 21.2. The molecule has 0 spiro atoms. The second-order valence-corrected chi connectivity index (χ2v) is 6.84. The van der Waals surface area contributed by atoms with Crippen molar-refractivity contribution in [1.29, 1.82) is 0 Å². The van der Waals surface area contributed by atoms with E-state index in [1.165, 1.54) is 7.11 Å². The van der Waals surface area contributed by atoms with Crippen molar-refractivity contribution in [2.45, 2.75) is 32.4 Å². The third kappa shape index (κ3) is 7.40. The molecule has 0 fully saturated rings. The molecule has 0 aromatic heterocycles. The van der Waals surface area contributed by atoms with Gasteiger partial charge in [-0.2, -0.15) is 0 Å². The largest absolute Gasteiger partial charge is 0.493 e. The zero-order chi connectivity index (χ0) is 22.6. The van der Waals surface area contributed by atoms with Crippen molar-refractivity contribution in [3.05, 3.63) is 53.6 Å². The molecule has 31 heavy (non-hydrogen) atoms. The third-order valence-electron chi connectivity index (χ3n) is 4.63.